The highest BCUT2D eigenvalue weighted by molar-refractivity contribution is 5.73. The van der Waals surface area contributed by atoms with Crippen molar-refractivity contribution in [2.24, 2.45) is 22.7 Å². The summed E-state index contributed by atoms with van der Waals surface area (Å²) in [5.74, 6) is 0.820. The van der Waals surface area contributed by atoms with Gasteiger partial charge in [0.1, 0.15) is 6.29 Å². The number of fused-ring (bicyclic) bond motifs is 1. The van der Waals surface area contributed by atoms with Crippen LogP contribution in [-0.2, 0) is 9.53 Å². The van der Waals surface area contributed by atoms with Crippen molar-refractivity contribution in [1.82, 2.24) is 0 Å². The molecule has 0 radical (unpaired) electrons. The Morgan fingerprint density at radius 3 is 2.78 bits per heavy atom. The monoisotopic (exact) mass is 318 g/mol. The molecule has 3 rings (SSSR count). The maximum absolute atomic E-state index is 11.2. The highest BCUT2D eigenvalue weighted by Crippen LogP contribution is 2.62. The van der Waals surface area contributed by atoms with E-state index in [0.717, 1.165) is 12.7 Å². The average molecular weight is 318 g/mol. The number of aliphatic hydroxyl groups excluding tert-OH is 1. The van der Waals surface area contributed by atoms with Crippen LogP contribution in [0.2, 0.25) is 0 Å². The number of hydrogen-bond donors (Lipinski definition) is 1. The molecule has 2 fully saturated rings. The van der Waals surface area contributed by atoms with Crippen LogP contribution in [0.15, 0.2) is 23.8 Å². The summed E-state index contributed by atoms with van der Waals surface area (Å²) in [4.78, 5) is 11.2. The molecule has 1 aliphatic heterocycles. The van der Waals surface area contributed by atoms with E-state index >= 15 is 0 Å². The second-order valence-corrected chi connectivity index (χ2v) is 8.69. The minimum atomic E-state index is -0.876. The van der Waals surface area contributed by atoms with Gasteiger partial charge >= 0.3 is 0 Å². The van der Waals surface area contributed by atoms with Gasteiger partial charge in [-0.25, -0.2) is 0 Å². The minimum absolute atomic E-state index is 0.128. The van der Waals surface area contributed by atoms with Gasteiger partial charge in [-0.1, -0.05) is 39.3 Å². The van der Waals surface area contributed by atoms with Crippen molar-refractivity contribution >= 4 is 6.29 Å². The van der Waals surface area contributed by atoms with Crippen LogP contribution in [0.3, 0.4) is 0 Å². The number of aldehydes is 1. The summed E-state index contributed by atoms with van der Waals surface area (Å²) in [6.07, 6.45) is 7.87. The number of hydrogen-bond acceptors (Lipinski definition) is 3. The summed E-state index contributed by atoms with van der Waals surface area (Å²) in [6, 6.07) is 0. The van der Waals surface area contributed by atoms with E-state index in [9.17, 15) is 9.90 Å². The molecule has 0 aromatic rings. The molecular formula is C20H30O3. The van der Waals surface area contributed by atoms with E-state index in [0.29, 0.717) is 23.3 Å². The summed E-state index contributed by atoms with van der Waals surface area (Å²) < 4.78 is 5.87. The van der Waals surface area contributed by atoms with E-state index < -0.39 is 6.29 Å². The Labute approximate surface area is 139 Å². The summed E-state index contributed by atoms with van der Waals surface area (Å²) in [5.41, 5.74) is 2.34. The third kappa shape index (κ3) is 2.83. The maximum Gasteiger partial charge on any atom is 0.159 e. The molecule has 3 nitrogen and oxygen atoms in total. The van der Waals surface area contributed by atoms with Crippen molar-refractivity contribution in [2.75, 3.05) is 0 Å². The van der Waals surface area contributed by atoms with Crippen LogP contribution in [0.1, 0.15) is 59.3 Å². The number of rotatable bonds is 2. The van der Waals surface area contributed by atoms with Crippen LogP contribution in [0.4, 0.5) is 0 Å². The normalized spacial score (nSPS) is 43.5. The van der Waals surface area contributed by atoms with Crippen LogP contribution < -0.4 is 0 Å². The lowest BCUT2D eigenvalue weighted by Crippen LogP contribution is -2.53. The molecule has 3 heteroatoms. The van der Waals surface area contributed by atoms with Crippen molar-refractivity contribution < 1.29 is 14.6 Å². The SMILES string of the molecule is C=C1CC[C@H]2C(C)(C)CCC[C@]2(C)[C@H]1[C@H]1C=C(C=O)C[C@H](O)O1. The summed E-state index contributed by atoms with van der Waals surface area (Å²) in [6.45, 7) is 11.5. The fourth-order valence-electron chi connectivity index (χ4n) is 5.83. The number of carbonyl (C=O) groups excluding carboxylic acids is 1. The first-order valence-corrected chi connectivity index (χ1v) is 8.95. The van der Waals surface area contributed by atoms with E-state index in [4.69, 9.17) is 4.74 Å². The first kappa shape index (κ1) is 16.9. The van der Waals surface area contributed by atoms with E-state index in [1.165, 1.54) is 31.3 Å². The molecule has 0 spiro atoms. The van der Waals surface area contributed by atoms with Crippen molar-refractivity contribution in [2.45, 2.75) is 71.7 Å². The van der Waals surface area contributed by atoms with Crippen LogP contribution in [0, 0.1) is 22.7 Å². The molecule has 5 atom stereocenters. The zero-order valence-electron chi connectivity index (χ0n) is 14.7. The van der Waals surface area contributed by atoms with Gasteiger partial charge < -0.3 is 9.84 Å². The Morgan fingerprint density at radius 1 is 1.35 bits per heavy atom. The summed E-state index contributed by atoms with van der Waals surface area (Å²) >= 11 is 0. The molecule has 0 aromatic carbocycles. The zero-order chi connectivity index (χ0) is 16.8. The second-order valence-electron chi connectivity index (χ2n) is 8.69. The fraction of sp³-hybridized carbons (Fsp3) is 0.750. The van der Waals surface area contributed by atoms with Gasteiger partial charge in [0.25, 0.3) is 0 Å². The smallest absolute Gasteiger partial charge is 0.159 e. The first-order chi connectivity index (χ1) is 10.8. The largest absolute Gasteiger partial charge is 0.368 e. The van der Waals surface area contributed by atoms with Gasteiger partial charge in [0.2, 0.25) is 0 Å². The van der Waals surface area contributed by atoms with Gasteiger partial charge in [-0.3, -0.25) is 4.79 Å². The van der Waals surface area contributed by atoms with Crippen molar-refractivity contribution in [3.05, 3.63) is 23.8 Å². The Morgan fingerprint density at radius 2 is 2.09 bits per heavy atom. The highest BCUT2D eigenvalue weighted by Gasteiger charge is 2.55. The van der Waals surface area contributed by atoms with Crippen LogP contribution >= 0.6 is 0 Å². The van der Waals surface area contributed by atoms with E-state index in [-0.39, 0.29) is 17.4 Å². The number of carbonyl (C=O) groups is 1. The van der Waals surface area contributed by atoms with Crippen LogP contribution in [0.25, 0.3) is 0 Å². The quantitative estimate of drug-likeness (QED) is 0.618. The Kier molecular flexibility index (Phi) is 4.31. The van der Waals surface area contributed by atoms with E-state index in [1.807, 2.05) is 6.08 Å². The van der Waals surface area contributed by atoms with Gasteiger partial charge in [0.05, 0.1) is 6.10 Å². The lowest BCUT2D eigenvalue weighted by Gasteiger charge is -2.59. The third-order valence-corrected chi connectivity index (χ3v) is 6.76. The number of ether oxygens (including phenoxy) is 1. The van der Waals surface area contributed by atoms with Crippen LogP contribution in [-0.4, -0.2) is 23.8 Å². The fourth-order valence-corrected chi connectivity index (χ4v) is 5.83. The van der Waals surface area contributed by atoms with Gasteiger partial charge in [-0.05, 0) is 54.1 Å². The molecule has 0 bridgehead atoms. The molecule has 0 unspecified atom stereocenters. The molecule has 1 N–H and O–H groups in total. The van der Waals surface area contributed by atoms with Gasteiger partial charge in [0.15, 0.2) is 6.29 Å². The molecule has 23 heavy (non-hydrogen) atoms. The maximum atomic E-state index is 11.2. The average Bonchev–Trinajstić information content (AvgIpc) is 2.45. The highest BCUT2D eigenvalue weighted by atomic mass is 16.6. The van der Waals surface area contributed by atoms with Gasteiger partial charge in [0, 0.05) is 12.3 Å². The predicted molar refractivity (Wildman–Crippen MR) is 90.7 cm³/mol. The van der Waals surface area contributed by atoms with Gasteiger partial charge in [-0.15, -0.1) is 0 Å². The minimum Gasteiger partial charge on any atom is -0.368 e. The number of aliphatic hydroxyl groups is 1. The van der Waals surface area contributed by atoms with Crippen molar-refractivity contribution in [3.8, 4) is 0 Å². The second kappa shape index (κ2) is 5.86. The third-order valence-electron chi connectivity index (χ3n) is 6.76. The molecule has 128 valence electrons. The molecular weight excluding hydrogens is 288 g/mol. The summed E-state index contributed by atoms with van der Waals surface area (Å²) in [7, 11) is 0. The molecule has 0 saturated heterocycles. The molecule has 2 saturated carbocycles. The summed E-state index contributed by atoms with van der Waals surface area (Å²) in [5, 5.41) is 10.0. The molecule has 3 aliphatic rings. The predicted octanol–water partition coefficient (Wildman–Crippen LogP) is 4.02. The topological polar surface area (TPSA) is 46.5 Å². The Bertz CT molecular complexity index is 533. The van der Waals surface area contributed by atoms with E-state index in [1.54, 1.807) is 0 Å². The van der Waals surface area contributed by atoms with E-state index in [2.05, 4.69) is 27.4 Å². The molecule has 2 aliphatic carbocycles. The first-order valence-electron chi connectivity index (χ1n) is 8.95. The zero-order valence-corrected chi connectivity index (χ0v) is 14.7. The van der Waals surface area contributed by atoms with Crippen molar-refractivity contribution in [1.29, 1.82) is 0 Å². The standard InChI is InChI=1S/C20H30O3/c1-13-6-7-16-19(2,3)8-5-9-20(16,4)18(13)15-10-14(12-21)11-17(22)23-15/h10,12,15-18,22H,1,5-9,11H2,2-4H3/t15-,16+,17-,18-,20+/m1/s1. The molecule has 0 aromatic heterocycles. The lowest BCUT2D eigenvalue weighted by atomic mass is 9.47. The molecule has 1 heterocycles. The Balaban J connectivity index is 1.99. The van der Waals surface area contributed by atoms with Gasteiger partial charge in [-0.2, -0.15) is 0 Å². The molecule has 0 amide bonds. The Hall–Kier alpha value is -0.930. The van der Waals surface area contributed by atoms with Crippen molar-refractivity contribution in [3.63, 3.8) is 0 Å². The van der Waals surface area contributed by atoms with Crippen LogP contribution in [0.5, 0.6) is 0 Å². The lowest BCUT2D eigenvalue weighted by molar-refractivity contribution is -0.169.